The highest BCUT2D eigenvalue weighted by Gasteiger charge is 2.15. The highest BCUT2D eigenvalue weighted by Crippen LogP contribution is 2.41. The summed E-state index contributed by atoms with van der Waals surface area (Å²) in [5.41, 5.74) is 1.79. The number of para-hydroxylation sites is 4. The highest BCUT2D eigenvalue weighted by atomic mass is 16.5. The molecule has 1 aliphatic heterocycles. The van der Waals surface area contributed by atoms with Gasteiger partial charge in [-0.1, -0.05) is 24.3 Å². The van der Waals surface area contributed by atoms with Crippen LogP contribution in [0.3, 0.4) is 0 Å². The molecule has 0 aliphatic carbocycles. The average Bonchev–Trinajstić information content (AvgIpc) is 2.26. The van der Waals surface area contributed by atoms with E-state index in [0.717, 1.165) is 22.9 Å². The van der Waals surface area contributed by atoms with Crippen LogP contribution in [0.15, 0.2) is 48.5 Å². The summed E-state index contributed by atoms with van der Waals surface area (Å²) < 4.78 is 5.68. The maximum atomic E-state index is 5.68. The average molecular weight is 182 g/mol. The molecular weight excluding hydrogens is 174 g/mol. The van der Waals surface area contributed by atoms with Gasteiger partial charge < -0.3 is 4.74 Å². The summed E-state index contributed by atoms with van der Waals surface area (Å²) in [6, 6.07) is 15.6. The van der Waals surface area contributed by atoms with Crippen molar-refractivity contribution < 1.29 is 4.74 Å². The summed E-state index contributed by atoms with van der Waals surface area (Å²) in [6.07, 6.45) is 0. The van der Waals surface area contributed by atoms with Crippen molar-refractivity contribution in [2.24, 2.45) is 0 Å². The van der Waals surface area contributed by atoms with Crippen LogP contribution in [-0.4, -0.2) is 0 Å². The van der Waals surface area contributed by atoms with Gasteiger partial charge in [-0.05, 0) is 24.3 Å². The van der Waals surface area contributed by atoms with E-state index in [1.54, 1.807) is 0 Å². The van der Waals surface area contributed by atoms with Crippen molar-refractivity contribution in [2.75, 3.05) is 0 Å². The Morgan fingerprint density at radius 2 is 1.21 bits per heavy atom. The molecule has 0 unspecified atom stereocenters. The minimum atomic E-state index is 0.825. The van der Waals surface area contributed by atoms with Gasteiger partial charge in [-0.15, -0.1) is 0 Å². The second-order valence-electron chi connectivity index (χ2n) is 3.15. The molecule has 0 fully saturated rings. The van der Waals surface area contributed by atoms with Crippen molar-refractivity contribution in [3.05, 3.63) is 48.5 Å². The maximum Gasteiger partial charge on any atom is 0.153 e. The lowest BCUT2D eigenvalue weighted by molar-refractivity contribution is 0.471. The molecule has 0 atom stereocenters. The van der Waals surface area contributed by atoms with Crippen LogP contribution in [-0.2, 0) is 0 Å². The van der Waals surface area contributed by atoms with E-state index in [0.29, 0.717) is 0 Å². The summed E-state index contributed by atoms with van der Waals surface area (Å²) in [4.78, 5) is 0. The lowest BCUT2D eigenvalue weighted by Crippen LogP contribution is -2.00. The molecule has 2 nitrogen and oxygen atoms in total. The molecule has 0 amide bonds. The fourth-order valence-electron chi connectivity index (χ4n) is 1.52. The molecule has 0 bridgehead atoms. The second kappa shape index (κ2) is 2.77. The van der Waals surface area contributed by atoms with Gasteiger partial charge >= 0.3 is 0 Å². The zero-order valence-electron chi connectivity index (χ0n) is 7.47. The first-order chi connectivity index (χ1) is 6.93. The van der Waals surface area contributed by atoms with E-state index in [9.17, 15) is 0 Å². The fraction of sp³-hybridized carbons (Fsp3) is 0. The van der Waals surface area contributed by atoms with Crippen LogP contribution in [0.1, 0.15) is 0 Å². The molecule has 2 heteroatoms. The van der Waals surface area contributed by atoms with Gasteiger partial charge in [0.15, 0.2) is 11.5 Å². The molecule has 1 radical (unpaired) electrons. The molecule has 1 aliphatic rings. The van der Waals surface area contributed by atoms with E-state index in [1.165, 1.54) is 0 Å². The van der Waals surface area contributed by atoms with Gasteiger partial charge in [-0.25, -0.2) is 5.32 Å². The Hall–Kier alpha value is -1.96. The van der Waals surface area contributed by atoms with Crippen molar-refractivity contribution in [3.8, 4) is 11.5 Å². The van der Waals surface area contributed by atoms with Gasteiger partial charge in [-0.3, -0.25) is 0 Å². The van der Waals surface area contributed by atoms with Gasteiger partial charge in [0.1, 0.15) is 11.4 Å². The largest absolute Gasteiger partial charge is 0.453 e. The zero-order valence-corrected chi connectivity index (χ0v) is 7.47. The topological polar surface area (TPSA) is 23.3 Å². The third-order valence-electron chi connectivity index (χ3n) is 2.19. The Balaban J connectivity index is 2.12. The minimum absolute atomic E-state index is 0.825. The number of rotatable bonds is 0. The molecule has 0 N–H and O–H groups in total. The summed E-state index contributed by atoms with van der Waals surface area (Å²) in [5, 5.41) is 4.48. The van der Waals surface area contributed by atoms with Crippen LogP contribution >= 0.6 is 0 Å². The van der Waals surface area contributed by atoms with Crippen LogP contribution in [0, 0.1) is 0 Å². The zero-order chi connectivity index (χ0) is 9.38. The fourth-order valence-corrected chi connectivity index (χ4v) is 1.52. The number of hydrogen-bond donors (Lipinski definition) is 0. The molecule has 67 valence electrons. The molecule has 0 spiro atoms. The van der Waals surface area contributed by atoms with Crippen molar-refractivity contribution >= 4 is 11.4 Å². The second-order valence-corrected chi connectivity index (χ2v) is 3.15. The Labute approximate surface area is 82.1 Å². The normalized spacial score (nSPS) is 12.0. The number of benzene rings is 2. The Morgan fingerprint density at radius 1 is 0.714 bits per heavy atom. The summed E-state index contributed by atoms with van der Waals surface area (Å²) in [6.45, 7) is 0. The third-order valence-corrected chi connectivity index (χ3v) is 2.19. The van der Waals surface area contributed by atoms with Crippen molar-refractivity contribution in [3.63, 3.8) is 0 Å². The molecule has 2 aromatic rings. The van der Waals surface area contributed by atoms with Crippen LogP contribution in [0.25, 0.3) is 0 Å². The molecule has 0 saturated heterocycles. The van der Waals surface area contributed by atoms with E-state index in [1.807, 2.05) is 48.5 Å². The smallest absolute Gasteiger partial charge is 0.153 e. The van der Waals surface area contributed by atoms with Gasteiger partial charge in [-0.2, -0.15) is 0 Å². The van der Waals surface area contributed by atoms with Crippen LogP contribution < -0.4 is 10.1 Å². The van der Waals surface area contributed by atoms with E-state index in [4.69, 9.17) is 4.74 Å². The predicted molar refractivity (Wildman–Crippen MR) is 54.4 cm³/mol. The lowest BCUT2D eigenvalue weighted by atomic mass is 10.2. The van der Waals surface area contributed by atoms with Gasteiger partial charge in [0, 0.05) is 0 Å². The molecule has 14 heavy (non-hydrogen) atoms. The van der Waals surface area contributed by atoms with E-state index < -0.39 is 0 Å². The first-order valence-electron chi connectivity index (χ1n) is 4.51. The van der Waals surface area contributed by atoms with Crippen LogP contribution in [0.5, 0.6) is 11.5 Å². The number of fused-ring (bicyclic) bond motifs is 2. The number of ether oxygens (including phenoxy) is 1. The Morgan fingerprint density at radius 3 is 1.79 bits per heavy atom. The minimum Gasteiger partial charge on any atom is -0.453 e. The summed E-state index contributed by atoms with van der Waals surface area (Å²) in [5.74, 6) is 1.65. The van der Waals surface area contributed by atoms with Gasteiger partial charge in [0.2, 0.25) is 0 Å². The van der Waals surface area contributed by atoms with Crippen molar-refractivity contribution in [2.45, 2.75) is 0 Å². The van der Waals surface area contributed by atoms with E-state index in [-0.39, 0.29) is 0 Å². The summed E-state index contributed by atoms with van der Waals surface area (Å²) >= 11 is 0. The van der Waals surface area contributed by atoms with Gasteiger partial charge in [0.25, 0.3) is 0 Å². The summed E-state index contributed by atoms with van der Waals surface area (Å²) in [7, 11) is 0. The van der Waals surface area contributed by atoms with Gasteiger partial charge in [0.05, 0.1) is 0 Å². The van der Waals surface area contributed by atoms with Crippen LogP contribution in [0.4, 0.5) is 11.4 Å². The SMILES string of the molecule is c1ccc2c(c1)[N]c1ccccc1O2. The Bertz CT molecular complexity index is 392. The number of nitrogens with zero attached hydrogens (tertiary/aromatic N) is 1. The van der Waals surface area contributed by atoms with Crippen molar-refractivity contribution in [1.29, 1.82) is 0 Å². The lowest BCUT2D eigenvalue weighted by Gasteiger charge is -2.18. The van der Waals surface area contributed by atoms with E-state index in [2.05, 4.69) is 5.32 Å². The third kappa shape index (κ3) is 1.04. The monoisotopic (exact) mass is 182 g/mol. The predicted octanol–water partition coefficient (Wildman–Crippen LogP) is 3.36. The number of hydrogen-bond acceptors (Lipinski definition) is 1. The first-order valence-corrected chi connectivity index (χ1v) is 4.51. The Kier molecular flexibility index (Phi) is 1.47. The quantitative estimate of drug-likeness (QED) is 0.522. The standard InChI is InChI=1S/C12H8NO/c1-3-7-11-9(5-1)13-10-6-2-4-8-12(10)14-11/h1-8H. The molecule has 2 aromatic carbocycles. The molecule has 1 heterocycles. The van der Waals surface area contributed by atoms with E-state index >= 15 is 0 Å². The molecule has 3 rings (SSSR count). The molecular formula is C12H8NO. The first kappa shape index (κ1) is 7.44. The maximum absolute atomic E-state index is 5.68. The highest BCUT2D eigenvalue weighted by molar-refractivity contribution is 5.67. The van der Waals surface area contributed by atoms with Crippen LogP contribution in [0.2, 0.25) is 0 Å². The molecule has 0 aromatic heterocycles. The van der Waals surface area contributed by atoms with Crippen molar-refractivity contribution in [1.82, 2.24) is 5.32 Å². The molecule has 0 saturated carbocycles.